The van der Waals surface area contributed by atoms with E-state index in [2.05, 4.69) is 4.98 Å². The second-order valence-corrected chi connectivity index (χ2v) is 4.54. The van der Waals surface area contributed by atoms with Gasteiger partial charge in [0.15, 0.2) is 0 Å². The smallest absolute Gasteiger partial charge is 0.343 e. The second kappa shape index (κ2) is 5.74. The van der Waals surface area contributed by atoms with Gasteiger partial charge in [0.05, 0.1) is 6.61 Å². The van der Waals surface area contributed by atoms with Crippen molar-refractivity contribution in [2.24, 2.45) is 0 Å². The van der Waals surface area contributed by atoms with Crippen molar-refractivity contribution in [3.63, 3.8) is 0 Å². The summed E-state index contributed by atoms with van der Waals surface area (Å²) in [6.07, 6.45) is 0. The fraction of sp³-hybridized carbons (Fsp3) is 0.250. The maximum atomic E-state index is 12.6. The lowest BCUT2D eigenvalue weighted by molar-refractivity contribution is 0.0523. The van der Waals surface area contributed by atoms with E-state index in [-0.39, 0.29) is 17.6 Å². The lowest BCUT2D eigenvalue weighted by Crippen LogP contribution is -2.23. The Hall–Kier alpha value is -2.36. The zero-order valence-corrected chi connectivity index (χ0v) is 11.8. The van der Waals surface area contributed by atoms with Gasteiger partial charge in [-0.25, -0.2) is 4.79 Å². The number of hydrogen-bond acceptors (Lipinski definition) is 3. The number of benzene rings is 1. The molecule has 0 radical (unpaired) electrons. The van der Waals surface area contributed by atoms with Gasteiger partial charge < -0.3 is 9.72 Å². The molecule has 2 rings (SSSR count). The van der Waals surface area contributed by atoms with Crippen LogP contribution in [0.2, 0.25) is 0 Å². The van der Waals surface area contributed by atoms with Crippen LogP contribution < -0.4 is 5.43 Å². The van der Waals surface area contributed by atoms with E-state index in [1.165, 1.54) is 0 Å². The van der Waals surface area contributed by atoms with Gasteiger partial charge >= 0.3 is 5.97 Å². The van der Waals surface area contributed by atoms with Crippen molar-refractivity contribution in [2.75, 3.05) is 6.61 Å². The zero-order chi connectivity index (χ0) is 14.7. The van der Waals surface area contributed by atoms with Crippen molar-refractivity contribution >= 4 is 5.97 Å². The molecule has 0 aliphatic rings. The maximum Gasteiger partial charge on any atom is 0.343 e. The first-order chi connectivity index (χ1) is 9.56. The van der Waals surface area contributed by atoms with Crippen molar-refractivity contribution < 1.29 is 9.53 Å². The van der Waals surface area contributed by atoms with Crippen molar-refractivity contribution in [1.29, 1.82) is 0 Å². The summed E-state index contributed by atoms with van der Waals surface area (Å²) >= 11 is 0. The van der Waals surface area contributed by atoms with Crippen LogP contribution in [0.25, 0.3) is 11.1 Å². The number of aromatic nitrogens is 1. The van der Waals surface area contributed by atoms with Gasteiger partial charge in [-0.15, -0.1) is 0 Å². The summed E-state index contributed by atoms with van der Waals surface area (Å²) in [5.41, 5.74) is 2.37. The topological polar surface area (TPSA) is 59.2 Å². The van der Waals surface area contributed by atoms with Crippen LogP contribution >= 0.6 is 0 Å². The Morgan fingerprint density at radius 1 is 1.15 bits per heavy atom. The molecule has 2 aromatic rings. The van der Waals surface area contributed by atoms with Gasteiger partial charge in [-0.05, 0) is 26.3 Å². The minimum absolute atomic E-state index is 0.0799. The van der Waals surface area contributed by atoms with E-state index in [4.69, 9.17) is 4.74 Å². The van der Waals surface area contributed by atoms with Gasteiger partial charge in [0, 0.05) is 17.0 Å². The highest BCUT2D eigenvalue weighted by Crippen LogP contribution is 2.20. The Kier molecular flexibility index (Phi) is 4.03. The van der Waals surface area contributed by atoms with Gasteiger partial charge in [0.25, 0.3) is 0 Å². The Bertz CT molecular complexity index is 687. The van der Waals surface area contributed by atoms with Crippen molar-refractivity contribution in [3.05, 3.63) is 57.5 Å². The van der Waals surface area contributed by atoms with E-state index in [1.54, 1.807) is 13.8 Å². The molecule has 0 bridgehead atoms. The van der Waals surface area contributed by atoms with Crippen LogP contribution in [0.1, 0.15) is 28.7 Å². The van der Waals surface area contributed by atoms with Crippen LogP contribution in [-0.2, 0) is 4.74 Å². The number of H-pyrrole nitrogens is 1. The number of hydrogen-bond donors (Lipinski definition) is 1. The minimum atomic E-state index is -0.580. The van der Waals surface area contributed by atoms with Crippen molar-refractivity contribution in [1.82, 2.24) is 4.98 Å². The number of aromatic amines is 1. The van der Waals surface area contributed by atoms with Gasteiger partial charge in [-0.2, -0.15) is 0 Å². The van der Waals surface area contributed by atoms with Crippen LogP contribution in [0.5, 0.6) is 0 Å². The number of aryl methyl sites for hydroxylation is 2. The van der Waals surface area contributed by atoms with E-state index < -0.39 is 5.97 Å². The molecule has 0 saturated carbocycles. The average molecular weight is 271 g/mol. The van der Waals surface area contributed by atoms with Crippen molar-refractivity contribution in [2.45, 2.75) is 20.8 Å². The predicted molar refractivity (Wildman–Crippen MR) is 77.9 cm³/mol. The van der Waals surface area contributed by atoms with Crippen LogP contribution in [0.4, 0.5) is 0 Å². The SMILES string of the molecule is CCOC(=O)c1c(C)[nH]c(C)c(-c2ccccc2)c1=O. The predicted octanol–water partition coefficient (Wildman–Crippen LogP) is 2.84. The standard InChI is InChI=1S/C16H17NO3/c1-4-20-16(19)14-11(3)17-10(2)13(15(14)18)12-8-6-5-7-9-12/h5-9H,4H2,1-3H3,(H,17,18). The van der Waals surface area contributed by atoms with Crippen LogP contribution in [0.15, 0.2) is 35.1 Å². The van der Waals surface area contributed by atoms with Gasteiger partial charge in [-0.1, -0.05) is 30.3 Å². The second-order valence-electron chi connectivity index (χ2n) is 4.54. The molecule has 0 fully saturated rings. The largest absolute Gasteiger partial charge is 0.462 e. The molecule has 1 heterocycles. The number of pyridine rings is 1. The number of esters is 1. The van der Waals surface area contributed by atoms with E-state index >= 15 is 0 Å². The Labute approximate surface area is 117 Å². The van der Waals surface area contributed by atoms with Gasteiger partial charge in [0.1, 0.15) is 5.56 Å². The highest BCUT2D eigenvalue weighted by atomic mass is 16.5. The molecule has 0 atom stereocenters. The molecule has 104 valence electrons. The third-order valence-corrected chi connectivity index (χ3v) is 3.12. The summed E-state index contributed by atoms with van der Waals surface area (Å²) in [7, 11) is 0. The molecule has 0 saturated heterocycles. The molecule has 20 heavy (non-hydrogen) atoms. The first kappa shape index (κ1) is 14.1. The molecule has 4 heteroatoms. The molecule has 1 aromatic heterocycles. The molecule has 0 aliphatic heterocycles. The van der Waals surface area contributed by atoms with E-state index in [0.717, 1.165) is 11.3 Å². The first-order valence-electron chi connectivity index (χ1n) is 6.52. The number of rotatable bonds is 3. The fourth-order valence-corrected chi connectivity index (χ4v) is 2.27. The molecule has 0 amide bonds. The molecule has 0 spiro atoms. The summed E-state index contributed by atoms with van der Waals surface area (Å²) in [5.74, 6) is -0.580. The number of ether oxygens (including phenoxy) is 1. The minimum Gasteiger partial charge on any atom is -0.462 e. The highest BCUT2D eigenvalue weighted by Gasteiger charge is 2.20. The Morgan fingerprint density at radius 3 is 2.40 bits per heavy atom. The third-order valence-electron chi connectivity index (χ3n) is 3.12. The Balaban J connectivity index is 2.69. The molecule has 1 aromatic carbocycles. The molecule has 4 nitrogen and oxygen atoms in total. The summed E-state index contributed by atoms with van der Waals surface area (Å²) in [6, 6.07) is 9.30. The molecular formula is C16H17NO3. The Morgan fingerprint density at radius 2 is 1.80 bits per heavy atom. The zero-order valence-electron chi connectivity index (χ0n) is 11.8. The number of carbonyl (C=O) groups is 1. The van der Waals surface area contributed by atoms with Crippen LogP contribution in [0, 0.1) is 13.8 Å². The normalized spacial score (nSPS) is 10.3. The van der Waals surface area contributed by atoms with Gasteiger partial charge in [0.2, 0.25) is 5.43 Å². The summed E-state index contributed by atoms with van der Waals surface area (Å²) < 4.78 is 4.96. The lowest BCUT2D eigenvalue weighted by atomic mass is 10.0. The molecule has 0 aliphatic carbocycles. The maximum absolute atomic E-state index is 12.6. The average Bonchev–Trinajstić information content (AvgIpc) is 2.39. The number of nitrogens with one attached hydrogen (secondary N) is 1. The van der Waals surface area contributed by atoms with E-state index in [1.807, 2.05) is 37.3 Å². The van der Waals surface area contributed by atoms with Crippen molar-refractivity contribution in [3.8, 4) is 11.1 Å². The quantitative estimate of drug-likeness (QED) is 0.873. The van der Waals surface area contributed by atoms with E-state index in [0.29, 0.717) is 11.3 Å². The summed E-state index contributed by atoms with van der Waals surface area (Å²) in [5, 5.41) is 0. The van der Waals surface area contributed by atoms with Gasteiger partial charge in [-0.3, -0.25) is 4.79 Å². The van der Waals surface area contributed by atoms with Crippen LogP contribution in [-0.4, -0.2) is 17.6 Å². The molecule has 1 N–H and O–H groups in total. The monoisotopic (exact) mass is 271 g/mol. The summed E-state index contributed by atoms with van der Waals surface area (Å²) in [4.78, 5) is 27.6. The third kappa shape index (κ3) is 2.50. The molecular weight excluding hydrogens is 254 g/mol. The fourth-order valence-electron chi connectivity index (χ4n) is 2.27. The first-order valence-corrected chi connectivity index (χ1v) is 6.52. The lowest BCUT2D eigenvalue weighted by Gasteiger charge is -2.11. The number of carbonyl (C=O) groups excluding carboxylic acids is 1. The van der Waals surface area contributed by atoms with E-state index in [9.17, 15) is 9.59 Å². The highest BCUT2D eigenvalue weighted by molar-refractivity contribution is 5.92. The van der Waals surface area contributed by atoms with Crippen LogP contribution in [0.3, 0.4) is 0 Å². The molecule has 0 unspecified atom stereocenters. The summed E-state index contributed by atoms with van der Waals surface area (Å²) in [6.45, 7) is 5.49.